The predicted octanol–water partition coefficient (Wildman–Crippen LogP) is 10.8. The number of ether oxygens (including phenoxy) is 2. The first-order valence-electron chi connectivity index (χ1n) is 17.2. The van der Waals surface area contributed by atoms with Gasteiger partial charge in [-0.3, -0.25) is 0 Å². The molecule has 248 valence electrons. The summed E-state index contributed by atoms with van der Waals surface area (Å²) in [4.78, 5) is 25.0. The first-order chi connectivity index (χ1) is 20.6. The summed E-state index contributed by atoms with van der Waals surface area (Å²) >= 11 is 0. The van der Waals surface area contributed by atoms with Gasteiger partial charge in [0.15, 0.2) is 0 Å². The summed E-state index contributed by atoms with van der Waals surface area (Å²) in [5, 5.41) is 2.49. The minimum absolute atomic E-state index is 0.105. The monoisotopic (exact) mass is 609 g/mol. The molecular formula is C36H61F2NO4. The van der Waals surface area contributed by atoms with E-state index in [0.29, 0.717) is 0 Å². The maximum atomic E-state index is 13.7. The first-order valence-corrected chi connectivity index (χ1v) is 17.2. The Morgan fingerprint density at radius 3 is 1.47 bits per heavy atom. The summed E-state index contributed by atoms with van der Waals surface area (Å²) in [5.74, 6) is -2.14. The first kappa shape index (κ1) is 38.8. The fraction of sp³-hybridized carbons (Fsp3) is 0.778. The molecule has 0 fully saturated rings. The van der Waals surface area contributed by atoms with E-state index in [-0.39, 0.29) is 18.6 Å². The molecule has 5 nitrogen and oxygen atoms in total. The van der Waals surface area contributed by atoms with Crippen molar-refractivity contribution in [2.45, 2.75) is 174 Å². The Balaban J connectivity index is 2.11. The van der Waals surface area contributed by atoms with Gasteiger partial charge in [-0.05, 0) is 44.9 Å². The van der Waals surface area contributed by atoms with Crippen molar-refractivity contribution in [3.63, 3.8) is 0 Å². The van der Waals surface area contributed by atoms with Gasteiger partial charge in [-0.2, -0.15) is 0 Å². The van der Waals surface area contributed by atoms with Gasteiger partial charge >= 0.3 is 12.1 Å². The van der Waals surface area contributed by atoms with Gasteiger partial charge in [-0.15, -0.1) is 0 Å². The maximum Gasteiger partial charge on any atom is 0.408 e. The van der Waals surface area contributed by atoms with E-state index in [1.807, 2.05) is 0 Å². The van der Waals surface area contributed by atoms with Crippen LogP contribution in [0.15, 0.2) is 18.2 Å². The average molecular weight is 610 g/mol. The third-order valence-corrected chi connectivity index (χ3v) is 7.58. The molecule has 0 aliphatic carbocycles. The van der Waals surface area contributed by atoms with E-state index in [1.165, 1.54) is 109 Å². The number of halogens is 2. The SMILES string of the molecule is CCCCCCCCCCCCCCCCCCCCCCOC(=O)[C@H](Cc1cc(F)cc(F)c1)NC(=O)OC(C)(C)C. The lowest BCUT2D eigenvalue weighted by Crippen LogP contribution is -2.45. The largest absolute Gasteiger partial charge is 0.464 e. The molecule has 0 saturated heterocycles. The molecule has 7 heteroatoms. The second-order valence-corrected chi connectivity index (χ2v) is 13.1. The molecule has 1 aromatic carbocycles. The number of esters is 1. The molecule has 1 amide bonds. The van der Waals surface area contributed by atoms with Gasteiger partial charge in [0.25, 0.3) is 0 Å². The van der Waals surface area contributed by atoms with Crippen LogP contribution in [0.4, 0.5) is 13.6 Å². The molecule has 0 saturated carbocycles. The summed E-state index contributed by atoms with van der Waals surface area (Å²) in [7, 11) is 0. The number of carbonyl (C=O) groups excluding carboxylic acids is 2. The zero-order valence-electron chi connectivity index (χ0n) is 27.8. The van der Waals surface area contributed by atoms with Crippen molar-refractivity contribution in [1.82, 2.24) is 5.32 Å². The Morgan fingerprint density at radius 2 is 1.07 bits per heavy atom. The van der Waals surface area contributed by atoms with Crippen molar-refractivity contribution in [2.24, 2.45) is 0 Å². The van der Waals surface area contributed by atoms with Crippen molar-refractivity contribution in [3.8, 4) is 0 Å². The number of hydrogen-bond donors (Lipinski definition) is 1. The molecule has 0 bridgehead atoms. The lowest BCUT2D eigenvalue weighted by atomic mass is 10.0. The number of amides is 1. The second kappa shape index (κ2) is 24.2. The molecule has 0 spiro atoms. The van der Waals surface area contributed by atoms with Crippen LogP contribution in [0, 0.1) is 11.6 Å². The highest BCUT2D eigenvalue weighted by Crippen LogP contribution is 2.16. The van der Waals surface area contributed by atoms with E-state index >= 15 is 0 Å². The third kappa shape index (κ3) is 22.9. The lowest BCUT2D eigenvalue weighted by molar-refractivity contribution is -0.146. The Bertz CT molecular complexity index is 851. The molecule has 0 unspecified atom stereocenters. The minimum Gasteiger partial charge on any atom is -0.464 e. The van der Waals surface area contributed by atoms with E-state index in [9.17, 15) is 18.4 Å². The predicted molar refractivity (Wildman–Crippen MR) is 172 cm³/mol. The van der Waals surface area contributed by atoms with Crippen LogP contribution in [0.25, 0.3) is 0 Å². The molecule has 0 heterocycles. The van der Waals surface area contributed by atoms with Gasteiger partial charge < -0.3 is 14.8 Å². The van der Waals surface area contributed by atoms with Crippen LogP contribution in [-0.4, -0.2) is 30.3 Å². The smallest absolute Gasteiger partial charge is 0.408 e. The van der Waals surface area contributed by atoms with Crippen LogP contribution in [-0.2, 0) is 20.7 Å². The average Bonchev–Trinajstić information content (AvgIpc) is 2.92. The van der Waals surface area contributed by atoms with Crippen molar-refractivity contribution >= 4 is 12.1 Å². The highest BCUT2D eigenvalue weighted by molar-refractivity contribution is 5.81. The summed E-state index contributed by atoms with van der Waals surface area (Å²) in [6, 6.07) is 1.93. The van der Waals surface area contributed by atoms with Gasteiger partial charge in [0.05, 0.1) is 6.61 Å². The lowest BCUT2D eigenvalue weighted by Gasteiger charge is -2.23. The zero-order chi connectivity index (χ0) is 31.8. The van der Waals surface area contributed by atoms with Gasteiger partial charge in [0.1, 0.15) is 23.3 Å². The number of unbranched alkanes of at least 4 members (excludes halogenated alkanes) is 19. The quantitative estimate of drug-likeness (QED) is 0.0885. The number of carbonyl (C=O) groups is 2. The molecule has 0 aliphatic heterocycles. The van der Waals surface area contributed by atoms with Crippen LogP contribution in [0.3, 0.4) is 0 Å². The van der Waals surface area contributed by atoms with Crippen LogP contribution in [0.2, 0.25) is 0 Å². The van der Waals surface area contributed by atoms with E-state index in [0.717, 1.165) is 37.5 Å². The number of nitrogens with one attached hydrogen (secondary N) is 1. The number of alkyl carbamates (subject to hydrolysis) is 1. The van der Waals surface area contributed by atoms with E-state index < -0.39 is 35.3 Å². The second-order valence-electron chi connectivity index (χ2n) is 13.1. The normalized spacial score (nSPS) is 12.2. The van der Waals surface area contributed by atoms with E-state index in [2.05, 4.69) is 12.2 Å². The summed E-state index contributed by atoms with van der Waals surface area (Å²) in [6.07, 6.45) is 25.0. The Labute approximate surface area is 261 Å². The Hall–Kier alpha value is -2.18. The highest BCUT2D eigenvalue weighted by atomic mass is 19.1. The highest BCUT2D eigenvalue weighted by Gasteiger charge is 2.26. The topological polar surface area (TPSA) is 64.6 Å². The van der Waals surface area contributed by atoms with E-state index in [4.69, 9.17) is 9.47 Å². The molecule has 0 radical (unpaired) electrons. The van der Waals surface area contributed by atoms with Crippen LogP contribution >= 0.6 is 0 Å². The van der Waals surface area contributed by atoms with Gasteiger partial charge in [0.2, 0.25) is 0 Å². The molecule has 1 aromatic rings. The van der Waals surface area contributed by atoms with Crippen molar-refractivity contribution < 1.29 is 27.8 Å². The van der Waals surface area contributed by atoms with Crippen molar-refractivity contribution in [3.05, 3.63) is 35.4 Å². The van der Waals surface area contributed by atoms with Crippen molar-refractivity contribution in [1.29, 1.82) is 0 Å². The minimum atomic E-state index is -1.11. The summed E-state index contributed by atoms with van der Waals surface area (Å²) in [6.45, 7) is 7.64. The van der Waals surface area contributed by atoms with Gasteiger partial charge in [-0.25, -0.2) is 18.4 Å². The fourth-order valence-electron chi connectivity index (χ4n) is 5.24. The standard InChI is InChI=1S/C36H61F2NO4/c1-5-6-7-8-9-10-11-12-13-14-15-16-17-18-19-20-21-22-23-24-25-42-34(40)33(39-35(41)43-36(2,3)4)28-30-26-31(37)29-32(38)27-30/h26-27,29,33H,5-25,28H2,1-4H3,(H,39,41)/t33-/m0/s1. The third-order valence-electron chi connectivity index (χ3n) is 7.58. The molecule has 0 aliphatic rings. The maximum absolute atomic E-state index is 13.7. The van der Waals surface area contributed by atoms with Crippen LogP contribution in [0.5, 0.6) is 0 Å². The Morgan fingerprint density at radius 1 is 0.674 bits per heavy atom. The molecule has 1 atom stereocenters. The fourth-order valence-corrected chi connectivity index (χ4v) is 5.24. The molecule has 1 N–H and O–H groups in total. The number of rotatable bonds is 25. The van der Waals surface area contributed by atoms with Crippen LogP contribution < -0.4 is 5.32 Å². The number of benzene rings is 1. The van der Waals surface area contributed by atoms with Crippen LogP contribution in [0.1, 0.15) is 162 Å². The zero-order valence-corrected chi connectivity index (χ0v) is 27.8. The summed E-state index contributed by atoms with van der Waals surface area (Å²) < 4.78 is 38.0. The molecule has 1 rings (SSSR count). The van der Waals surface area contributed by atoms with E-state index in [1.54, 1.807) is 20.8 Å². The van der Waals surface area contributed by atoms with Gasteiger partial charge in [0, 0.05) is 12.5 Å². The summed E-state index contributed by atoms with van der Waals surface area (Å²) in [5.41, 5.74) is -0.509. The Kier molecular flexibility index (Phi) is 21.8. The molecular weight excluding hydrogens is 548 g/mol. The molecule has 43 heavy (non-hydrogen) atoms. The van der Waals surface area contributed by atoms with Gasteiger partial charge in [-0.1, -0.05) is 129 Å². The number of hydrogen-bond acceptors (Lipinski definition) is 4. The van der Waals surface area contributed by atoms with Crippen molar-refractivity contribution in [2.75, 3.05) is 6.61 Å². The molecule has 0 aromatic heterocycles.